The van der Waals surface area contributed by atoms with Crippen LogP contribution in [0.1, 0.15) is 20.7 Å². The van der Waals surface area contributed by atoms with Crippen LogP contribution in [0.5, 0.6) is 0 Å². The van der Waals surface area contributed by atoms with E-state index in [0.29, 0.717) is 12.1 Å². The predicted molar refractivity (Wildman–Crippen MR) is 67.7 cm³/mol. The molecule has 21 heavy (non-hydrogen) atoms. The second-order valence-electron chi connectivity index (χ2n) is 4.08. The Kier molecular flexibility index (Phi) is 3.93. The molecule has 0 heterocycles. The number of amides is 1. The van der Waals surface area contributed by atoms with Crippen molar-refractivity contribution in [3.05, 3.63) is 65.0 Å². The van der Waals surface area contributed by atoms with Gasteiger partial charge in [0.05, 0.1) is 5.56 Å². The first-order valence-corrected chi connectivity index (χ1v) is 5.67. The van der Waals surface area contributed by atoms with E-state index < -0.39 is 34.9 Å². The summed E-state index contributed by atoms with van der Waals surface area (Å²) in [6, 6.07) is 5.88. The number of anilines is 1. The third kappa shape index (κ3) is 3.19. The minimum atomic E-state index is -1.35. The van der Waals surface area contributed by atoms with E-state index in [1.54, 1.807) is 0 Å². The molecule has 1 amide bonds. The van der Waals surface area contributed by atoms with Crippen LogP contribution in [0.3, 0.4) is 0 Å². The number of hydrogen-bond donors (Lipinski definition) is 2. The largest absolute Gasteiger partial charge is 0.478 e. The molecular weight excluding hydrogens is 287 g/mol. The summed E-state index contributed by atoms with van der Waals surface area (Å²) in [5, 5.41) is 11.0. The standard InChI is InChI=1S/C14H8F3NO3/c15-8-5-10(16)12(11(17)6-8)13(19)18-9-3-1-2-7(4-9)14(20)21/h1-6H,(H,18,19)(H,20,21). The Hall–Kier alpha value is -2.83. The topological polar surface area (TPSA) is 66.4 Å². The van der Waals surface area contributed by atoms with Gasteiger partial charge in [-0.05, 0) is 18.2 Å². The molecule has 2 N–H and O–H groups in total. The van der Waals surface area contributed by atoms with E-state index in [0.717, 1.165) is 6.07 Å². The maximum absolute atomic E-state index is 13.4. The van der Waals surface area contributed by atoms with Crippen LogP contribution in [-0.2, 0) is 0 Å². The Labute approximate surface area is 116 Å². The van der Waals surface area contributed by atoms with Crippen LogP contribution in [0.4, 0.5) is 18.9 Å². The summed E-state index contributed by atoms with van der Waals surface area (Å²) in [6.07, 6.45) is 0. The van der Waals surface area contributed by atoms with Crippen molar-refractivity contribution in [3.63, 3.8) is 0 Å². The van der Waals surface area contributed by atoms with Gasteiger partial charge in [-0.2, -0.15) is 0 Å². The van der Waals surface area contributed by atoms with Crippen molar-refractivity contribution < 1.29 is 27.9 Å². The number of carbonyl (C=O) groups is 2. The second-order valence-corrected chi connectivity index (χ2v) is 4.08. The highest BCUT2D eigenvalue weighted by Gasteiger charge is 2.19. The Morgan fingerprint density at radius 2 is 1.62 bits per heavy atom. The summed E-state index contributed by atoms with van der Waals surface area (Å²) < 4.78 is 39.6. The number of halogens is 3. The molecule has 0 aliphatic carbocycles. The van der Waals surface area contributed by atoms with Crippen molar-refractivity contribution in [2.75, 3.05) is 5.32 Å². The van der Waals surface area contributed by atoms with Crippen LogP contribution in [-0.4, -0.2) is 17.0 Å². The zero-order valence-electron chi connectivity index (χ0n) is 10.4. The molecule has 0 unspecified atom stereocenters. The van der Waals surface area contributed by atoms with E-state index >= 15 is 0 Å². The summed E-state index contributed by atoms with van der Waals surface area (Å²) in [5.41, 5.74) is -1.01. The van der Waals surface area contributed by atoms with Crippen molar-refractivity contribution in [2.45, 2.75) is 0 Å². The number of carbonyl (C=O) groups excluding carboxylic acids is 1. The second kappa shape index (κ2) is 5.66. The third-order valence-electron chi connectivity index (χ3n) is 2.60. The summed E-state index contributed by atoms with van der Waals surface area (Å²) in [6.45, 7) is 0. The summed E-state index contributed by atoms with van der Waals surface area (Å²) >= 11 is 0. The van der Waals surface area contributed by atoms with Gasteiger partial charge in [-0.15, -0.1) is 0 Å². The number of rotatable bonds is 3. The van der Waals surface area contributed by atoms with E-state index in [1.165, 1.54) is 18.2 Å². The number of benzene rings is 2. The zero-order valence-corrected chi connectivity index (χ0v) is 10.4. The number of hydrogen-bond acceptors (Lipinski definition) is 2. The quantitative estimate of drug-likeness (QED) is 0.914. The van der Waals surface area contributed by atoms with Crippen molar-refractivity contribution >= 4 is 17.6 Å². The lowest BCUT2D eigenvalue weighted by Crippen LogP contribution is -2.16. The van der Waals surface area contributed by atoms with Crippen LogP contribution in [0.25, 0.3) is 0 Å². The van der Waals surface area contributed by atoms with Crippen LogP contribution in [0, 0.1) is 17.5 Å². The molecule has 0 saturated heterocycles. The number of nitrogens with one attached hydrogen (secondary N) is 1. The van der Waals surface area contributed by atoms with Gasteiger partial charge in [-0.3, -0.25) is 4.79 Å². The zero-order chi connectivity index (χ0) is 15.6. The fourth-order valence-electron chi connectivity index (χ4n) is 1.68. The minimum absolute atomic E-state index is 0.0445. The molecule has 108 valence electrons. The molecule has 2 rings (SSSR count). The SMILES string of the molecule is O=C(O)c1cccc(NC(=O)c2c(F)cc(F)cc2F)c1. The molecule has 0 radical (unpaired) electrons. The van der Waals surface area contributed by atoms with Gasteiger partial charge in [0, 0.05) is 17.8 Å². The van der Waals surface area contributed by atoms with Crippen molar-refractivity contribution in [2.24, 2.45) is 0 Å². The lowest BCUT2D eigenvalue weighted by Gasteiger charge is -2.08. The highest BCUT2D eigenvalue weighted by Crippen LogP contribution is 2.18. The first-order chi connectivity index (χ1) is 9.88. The van der Waals surface area contributed by atoms with Gasteiger partial charge >= 0.3 is 5.97 Å². The van der Waals surface area contributed by atoms with Gasteiger partial charge < -0.3 is 10.4 Å². The first kappa shape index (κ1) is 14.6. The maximum atomic E-state index is 13.4. The van der Waals surface area contributed by atoms with E-state index in [9.17, 15) is 22.8 Å². The van der Waals surface area contributed by atoms with Crippen molar-refractivity contribution in [1.82, 2.24) is 0 Å². The summed E-state index contributed by atoms with van der Waals surface area (Å²) in [4.78, 5) is 22.6. The molecule has 0 saturated carbocycles. The highest BCUT2D eigenvalue weighted by atomic mass is 19.1. The van der Waals surface area contributed by atoms with Crippen LogP contribution >= 0.6 is 0 Å². The average molecular weight is 295 g/mol. The molecule has 0 aromatic heterocycles. The monoisotopic (exact) mass is 295 g/mol. The minimum Gasteiger partial charge on any atom is -0.478 e. The van der Waals surface area contributed by atoms with E-state index in [1.807, 2.05) is 0 Å². The van der Waals surface area contributed by atoms with Gasteiger partial charge in [0.1, 0.15) is 23.0 Å². The molecule has 0 bridgehead atoms. The molecule has 7 heteroatoms. The average Bonchev–Trinajstić information content (AvgIpc) is 2.37. The Morgan fingerprint density at radius 1 is 1.00 bits per heavy atom. The molecule has 4 nitrogen and oxygen atoms in total. The van der Waals surface area contributed by atoms with E-state index in [-0.39, 0.29) is 11.3 Å². The lowest BCUT2D eigenvalue weighted by atomic mass is 10.1. The molecule has 0 spiro atoms. The number of carboxylic acids is 1. The van der Waals surface area contributed by atoms with Crippen LogP contribution < -0.4 is 5.32 Å². The molecule has 0 fully saturated rings. The Balaban J connectivity index is 2.30. The smallest absolute Gasteiger partial charge is 0.335 e. The third-order valence-corrected chi connectivity index (χ3v) is 2.60. The normalized spacial score (nSPS) is 10.2. The van der Waals surface area contributed by atoms with Gasteiger partial charge in [0.2, 0.25) is 0 Å². The molecule has 2 aromatic rings. The van der Waals surface area contributed by atoms with Gasteiger partial charge in [-0.1, -0.05) is 6.07 Å². The number of aromatic carboxylic acids is 1. The van der Waals surface area contributed by atoms with Crippen molar-refractivity contribution in [1.29, 1.82) is 0 Å². The Morgan fingerprint density at radius 3 is 2.19 bits per heavy atom. The van der Waals surface area contributed by atoms with Gasteiger partial charge in [0.15, 0.2) is 0 Å². The maximum Gasteiger partial charge on any atom is 0.335 e. The lowest BCUT2D eigenvalue weighted by molar-refractivity contribution is 0.0696. The van der Waals surface area contributed by atoms with E-state index in [4.69, 9.17) is 5.11 Å². The van der Waals surface area contributed by atoms with Crippen LogP contribution in [0.2, 0.25) is 0 Å². The molecule has 0 aliphatic rings. The first-order valence-electron chi connectivity index (χ1n) is 5.67. The highest BCUT2D eigenvalue weighted by molar-refractivity contribution is 6.05. The molecular formula is C14H8F3NO3. The van der Waals surface area contributed by atoms with Gasteiger partial charge in [-0.25, -0.2) is 18.0 Å². The fraction of sp³-hybridized carbons (Fsp3) is 0. The molecule has 0 aliphatic heterocycles. The van der Waals surface area contributed by atoms with Crippen LogP contribution in [0.15, 0.2) is 36.4 Å². The van der Waals surface area contributed by atoms with Crippen molar-refractivity contribution in [3.8, 4) is 0 Å². The summed E-state index contributed by atoms with van der Waals surface area (Å²) in [7, 11) is 0. The molecule has 2 aromatic carbocycles. The fourth-order valence-corrected chi connectivity index (χ4v) is 1.68. The molecule has 0 atom stereocenters. The van der Waals surface area contributed by atoms with E-state index in [2.05, 4.69) is 5.32 Å². The number of carboxylic acid groups (broad SMARTS) is 1. The Bertz CT molecular complexity index is 708. The summed E-state index contributed by atoms with van der Waals surface area (Å²) in [5.74, 6) is -6.20. The van der Waals surface area contributed by atoms with Gasteiger partial charge in [0.25, 0.3) is 5.91 Å². The predicted octanol–water partition coefficient (Wildman–Crippen LogP) is 3.05.